The molecule has 3 aromatic rings. The highest BCUT2D eigenvalue weighted by Gasteiger charge is 2.37. The fraction of sp³-hybridized carbons (Fsp3) is 0.320. The summed E-state index contributed by atoms with van der Waals surface area (Å²) in [6.07, 6.45) is 2.03. The molecule has 0 radical (unpaired) electrons. The minimum atomic E-state index is -0.884. The van der Waals surface area contributed by atoms with E-state index in [1.807, 2.05) is 24.0 Å². The van der Waals surface area contributed by atoms with E-state index in [0.29, 0.717) is 53.7 Å². The van der Waals surface area contributed by atoms with E-state index < -0.39 is 18.0 Å². The molecule has 5 rings (SSSR count). The standard InChI is InChI=1S/C25H25F2N5O2/c1-15-10-20(31-9-7-25(28,13-26)14-31)30-21(11-15)32-12-17-16(24(32)33)6-8-29-23(17)22-18(27)4-3-5-19(22)34-2/h3-6,8,10-11H,7,9,12-14,28H2,1-2H3. The Labute approximate surface area is 196 Å². The van der Waals surface area contributed by atoms with Crippen molar-refractivity contribution in [2.75, 3.05) is 36.7 Å². The fourth-order valence-electron chi connectivity index (χ4n) is 4.66. The Balaban J connectivity index is 1.52. The topological polar surface area (TPSA) is 84.6 Å². The van der Waals surface area contributed by atoms with Crippen LogP contribution in [0.1, 0.15) is 27.9 Å². The number of ether oxygens (including phenoxy) is 1. The number of rotatable bonds is 5. The number of methoxy groups -OCH3 is 1. The number of aryl methyl sites for hydroxylation is 1. The molecule has 0 aliphatic carbocycles. The number of hydrogen-bond donors (Lipinski definition) is 1. The second-order valence-corrected chi connectivity index (χ2v) is 8.92. The van der Waals surface area contributed by atoms with Crippen molar-refractivity contribution in [2.24, 2.45) is 5.73 Å². The maximum atomic E-state index is 14.8. The summed E-state index contributed by atoms with van der Waals surface area (Å²) in [6.45, 7) is 2.45. The molecule has 4 heterocycles. The van der Waals surface area contributed by atoms with Gasteiger partial charge in [-0.05, 0) is 49.2 Å². The molecule has 1 aromatic carbocycles. The first kappa shape index (κ1) is 22.2. The average molecular weight is 466 g/mol. The van der Waals surface area contributed by atoms with Crippen molar-refractivity contribution in [2.45, 2.75) is 25.4 Å². The molecule has 2 N–H and O–H groups in total. The summed E-state index contributed by atoms with van der Waals surface area (Å²) in [5.74, 6) is 0.742. The molecule has 2 aliphatic heterocycles. The Morgan fingerprint density at radius 2 is 2.03 bits per heavy atom. The van der Waals surface area contributed by atoms with Crippen LogP contribution in [0.3, 0.4) is 0 Å². The van der Waals surface area contributed by atoms with E-state index >= 15 is 0 Å². The summed E-state index contributed by atoms with van der Waals surface area (Å²) in [5.41, 5.74) is 7.78. The number of amides is 1. The van der Waals surface area contributed by atoms with Gasteiger partial charge in [0.2, 0.25) is 0 Å². The third-order valence-electron chi connectivity index (χ3n) is 6.47. The maximum absolute atomic E-state index is 14.8. The lowest BCUT2D eigenvalue weighted by Gasteiger charge is -2.24. The number of aromatic nitrogens is 2. The number of fused-ring (bicyclic) bond motifs is 1. The summed E-state index contributed by atoms with van der Waals surface area (Å²) >= 11 is 0. The van der Waals surface area contributed by atoms with Crippen molar-refractivity contribution in [3.8, 4) is 17.0 Å². The highest BCUT2D eigenvalue weighted by atomic mass is 19.1. The third-order valence-corrected chi connectivity index (χ3v) is 6.47. The zero-order valence-electron chi connectivity index (χ0n) is 19.0. The molecule has 0 spiro atoms. The number of pyridine rings is 2. The Morgan fingerprint density at radius 1 is 1.24 bits per heavy atom. The first-order valence-electron chi connectivity index (χ1n) is 11.0. The molecule has 1 saturated heterocycles. The Hall–Kier alpha value is -3.59. The lowest BCUT2D eigenvalue weighted by Crippen LogP contribution is -2.45. The SMILES string of the molecule is COc1cccc(F)c1-c1nccc2c1CN(c1cc(C)cc(N3CCC(N)(CF)C3)n1)C2=O. The lowest BCUT2D eigenvalue weighted by molar-refractivity contribution is 0.0996. The van der Waals surface area contributed by atoms with Gasteiger partial charge in [-0.15, -0.1) is 0 Å². The van der Waals surface area contributed by atoms with Crippen LogP contribution in [0, 0.1) is 12.7 Å². The van der Waals surface area contributed by atoms with Crippen LogP contribution in [0.4, 0.5) is 20.4 Å². The van der Waals surface area contributed by atoms with E-state index in [1.165, 1.54) is 19.4 Å². The number of hydrogen-bond acceptors (Lipinski definition) is 6. The number of alkyl halides is 1. The smallest absolute Gasteiger partial charge is 0.260 e. The zero-order valence-corrected chi connectivity index (χ0v) is 19.0. The normalized spacial score (nSPS) is 19.6. The molecule has 1 unspecified atom stereocenters. The number of carbonyl (C=O) groups excluding carboxylic acids is 1. The van der Waals surface area contributed by atoms with Crippen LogP contribution in [0.15, 0.2) is 42.6 Å². The number of carbonyl (C=O) groups is 1. The van der Waals surface area contributed by atoms with Crippen LogP contribution in [-0.2, 0) is 6.54 Å². The molecule has 7 nitrogen and oxygen atoms in total. The molecule has 176 valence electrons. The number of nitrogens with two attached hydrogens (primary N) is 1. The molecule has 9 heteroatoms. The van der Waals surface area contributed by atoms with Gasteiger partial charge in [-0.3, -0.25) is 14.7 Å². The molecular formula is C25H25F2N5O2. The van der Waals surface area contributed by atoms with E-state index in [-0.39, 0.29) is 18.0 Å². The largest absolute Gasteiger partial charge is 0.496 e. The average Bonchev–Trinajstić information content (AvgIpc) is 3.40. The van der Waals surface area contributed by atoms with Crippen LogP contribution < -0.4 is 20.3 Å². The van der Waals surface area contributed by atoms with Crippen molar-refractivity contribution >= 4 is 17.5 Å². The molecule has 0 saturated carbocycles. The minimum Gasteiger partial charge on any atom is -0.496 e. The van der Waals surface area contributed by atoms with E-state index in [1.54, 1.807) is 23.1 Å². The van der Waals surface area contributed by atoms with Crippen molar-refractivity contribution < 1.29 is 18.3 Å². The predicted octanol–water partition coefficient (Wildman–Crippen LogP) is 3.64. The van der Waals surface area contributed by atoms with Gasteiger partial charge >= 0.3 is 0 Å². The molecule has 1 atom stereocenters. The molecule has 2 aliphatic rings. The maximum Gasteiger partial charge on any atom is 0.260 e. The predicted molar refractivity (Wildman–Crippen MR) is 125 cm³/mol. The Kier molecular flexibility index (Phi) is 5.44. The highest BCUT2D eigenvalue weighted by Crippen LogP contribution is 2.39. The number of halogens is 2. The van der Waals surface area contributed by atoms with E-state index in [4.69, 9.17) is 15.5 Å². The van der Waals surface area contributed by atoms with E-state index in [0.717, 1.165) is 5.56 Å². The van der Waals surface area contributed by atoms with Gasteiger partial charge in [0, 0.05) is 30.4 Å². The lowest BCUT2D eigenvalue weighted by atomic mass is 10.0. The summed E-state index contributed by atoms with van der Waals surface area (Å²) in [7, 11) is 1.47. The molecule has 1 fully saturated rings. The van der Waals surface area contributed by atoms with Crippen LogP contribution in [-0.4, -0.2) is 48.3 Å². The molecule has 0 bridgehead atoms. The minimum absolute atomic E-state index is 0.191. The van der Waals surface area contributed by atoms with E-state index in [2.05, 4.69) is 4.98 Å². The first-order valence-corrected chi connectivity index (χ1v) is 11.0. The van der Waals surface area contributed by atoms with Crippen LogP contribution in [0.25, 0.3) is 11.3 Å². The van der Waals surface area contributed by atoms with Crippen molar-refractivity contribution in [3.05, 3.63) is 65.1 Å². The summed E-state index contributed by atoms with van der Waals surface area (Å²) < 4.78 is 33.5. The van der Waals surface area contributed by atoms with Gasteiger partial charge in [0.15, 0.2) is 0 Å². The van der Waals surface area contributed by atoms with Crippen LogP contribution in [0.5, 0.6) is 5.75 Å². The summed E-state index contributed by atoms with van der Waals surface area (Å²) in [6, 6.07) is 9.92. The summed E-state index contributed by atoms with van der Waals surface area (Å²) in [4.78, 5) is 26.0. The van der Waals surface area contributed by atoms with Gasteiger partial charge in [-0.25, -0.2) is 13.8 Å². The van der Waals surface area contributed by atoms with Gasteiger partial charge in [0.25, 0.3) is 5.91 Å². The van der Waals surface area contributed by atoms with Gasteiger partial charge in [0.05, 0.1) is 30.5 Å². The number of anilines is 2. The quantitative estimate of drug-likeness (QED) is 0.620. The van der Waals surface area contributed by atoms with Crippen molar-refractivity contribution in [3.63, 3.8) is 0 Å². The van der Waals surface area contributed by atoms with Crippen LogP contribution in [0.2, 0.25) is 0 Å². The summed E-state index contributed by atoms with van der Waals surface area (Å²) in [5, 5.41) is 0. The number of benzene rings is 1. The van der Waals surface area contributed by atoms with Crippen molar-refractivity contribution in [1.29, 1.82) is 0 Å². The molecule has 1 amide bonds. The fourth-order valence-corrected chi connectivity index (χ4v) is 4.66. The second kappa shape index (κ2) is 8.32. The van der Waals surface area contributed by atoms with Gasteiger partial charge in [-0.2, -0.15) is 0 Å². The van der Waals surface area contributed by atoms with Gasteiger partial charge < -0.3 is 15.4 Å². The second-order valence-electron chi connectivity index (χ2n) is 8.92. The first-order chi connectivity index (χ1) is 16.3. The monoisotopic (exact) mass is 465 g/mol. The highest BCUT2D eigenvalue weighted by molar-refractivity contribution is 6.10. The molecular weight excluding hydrogens is 440 g/mol. The number of nitrogens with zero attached hydrogens (tertiary/aromatic N) is 4. The van der Waals surface area contributed by atoms with Crippen molar-refractivity contribution in [1.82, 2.24) is 9.97 Å². The Morgan fingerprint density at radius 3 is 2.76 bits per heavy atom. The zero-order chi connectivity index (χ0) is 24.0. The van der Waals surface area contributed by atoms with Crippen LogP contribution >= 0.6 is 0 Å². The third kappa shape index (κ3) is 3.66. The Bertz CT molecular complexity index is 1280. The molecule has 34 heavy (non-hydrogen) atoms. The van der Waals surface area contributed by atoms with E-state index in [9.17, 15) is 13.6 Å². The van der Waals surface area contributed by atoms with Gasteiger partial charge in [0.1, 0.15) is 29.9 Å². The molecule has 2 aromatic heterocycles. The van der Waals surface area contributed by atoms with Gasteiger partial charge in [-0.1, -0.05) is 6.07 Å².